The van der Waals surface area contributed by atoms with E-state index < -0.39 is 22.4 Å². The highest BCUT2D eigenvalue weighted by Crippen LogP contribution is 2.23. The van der Waals surface area contributed by atoms with Gasteiger partial charge in [0, 0.05) is 11.3 Å². The third-order valence-corrected chi connectivity index (χ3v) is 4.61. The van der Waals surface area contributed by atoms with Crippen LogP contribution in [0.2, 0.25) is 0 Å². The van der Waals surface area contributed by atoms with Crippen molar-refractivity contribution in [3.8, 4) is 0 Å². The second-order valence-electron chi connectivity index (χ2n) is 4.83. The van der Waals surface area contributed by atoms with E-state index in [1.807, 2.05) is 13.0 Å². The summed E-state index contributed by atoms with van der Waals surface area (Å²) < 4.78 is 41.0. The van der Waals surface area contributed by atoms with Crippen molar-refractivity contribution in [1.82, 2.24) is 0 Å². The molecule has 0 heterocycles. The number of sulfonamides is 1. The van der Waals surface area contributed by atoms with Gasteiger partial charge in [0.1, 0.15) is 5.82 Å². The highest BCUT2D eigenvalue weighted by molar-refractivity contribution is 7.92. The van der Waals surface area contributed by atoms with E-state index in [1.165, 1.54) is 13.0 Å². The maximum atomic E-state index is 13.8. The van der Waals surface area contributed by atoms with Crippen LogP contribution in [-0.4, -0.2) is 13.5 Å². The molecule has 0 radical (unpaired) electrons. The summed E-state index contributed by atoms with van der Waals surface area (Å²) >= 11 is 0. The largest absolute Gasteiger partial charge is 0.392 e. The smallest absolute Gasteiger partial charge is 0.262 e. The van der Waals surface area contributed by atoms with Crippen molar-refractivity contribution in [2.75, 3.05) is 4.72 Å². The Bertz CT molecular complexity index is 772. The molecule has 4 nitrogen and oxygen atoms in total. The van der Waals surface area contributed by atoms with Gasteiger partial charge in [0.05, 0.1) is 11.5 Å². The molecule has 0 aromatic heterocycles. The third-order valence-electron chi connectivity index (χ3n) is 3.10. The van der Waals surface area contributed by atoms with Crippen molar-refractivity contribution in [2.24, 2.45) is 0 Å². The molecular formula is C15H16FNO3S. The van der Waals surface area contributed by atoms with Crippen molar-refractivity contribution in [3.05, 3.63) is 58.9 Å². The first-order chi connectivity index (χ1) is 9.83. The third kappa shape index (κ3) is 3.40. The first kappa shape index (κ1) is 15.5. The number of nitrogens with one attached hydrogen (secondary N) is 1. The van der Waals surface area contributed by atoms with Crippen LogP contribution in [-0.2, 0) is 16.6 Å². The van der Waals surface area contributed by atoms with Crippen LogP contribution in [0.15, 0.2) is 41.3 Å². The van der Waals surface area contributed by atoms with Crippen molar-refractivity contribution in [3.63, 3.8) is 0 Å². The van der Waals surface area contributed by atoms with E-state index in [2.05, 4.69) is 4.72 Å². The van der Waals surface area contributed by atoms with Gasteiger partial charge in [-0.15, -0.1) is 0 Å². The normalized spacial score (nSPS) is 11.4. The van der Waals surface area contributed by atoms with E-state index in [9.17, 15) is 12.8 Å². The zero-order valence-corrected chi connectivity index (χ0v) is 12.5. The predicted molar refractivity (Wildman–Crippen MR) is 79.0 cm³/mol. The molecule has 0 atom stereocenters. The van der Waals surface area contributed by atoms with E-state index >= 15 is 0 Å². The van der Waals surface area contributed by atoms with Crippen LogP contribution in [0.1, 0.15) is 16.7 Å². The van der Waals surface area contributed by atoms with Crippen LogP contribution >= 0.6 is 0 Å². The Labute approximate surface area is 123 Å². The summed E-state index contributed by atoms with van der Waals surface area (Å²) in [4.78, 5) is -0.173. The Morgan fingerprint density at radius 2 is 1.90 bits per heavy atom. The van der Waals surface area contributed by atoms with Gasteiger partial charge in [-0.3, -0.25) is 4.72 Å². The van der Waals surface area contributed by atoms with Crippen LogP contribution in [0, 0.1) is 19.7 Å². The number of aliphatic hydroxyl groups excluding tert-OH is 1. The molecule has 112 valence electrons. The lowest BCUT2D eigenvalue weighted by Gasteiger charge is -2.12. The van der Waals surface area contributed by atoms with Crippen LogP contribution in [0.5, 0.6) is 0 Å². The fraction of sp³-hybridized carbons (Fsp3) is 0.200. The quantitative estimate of drug-likeness (QED) is 0.912. The van der Waals surface area contributed by atoms with E-state index in [0.29, 0.717) is 5.69 Å². The molecule has 0 aliphatic heterocycles. The Balaban J connectivity index is 2.47. The van der Waals surface area contributed by atoms with Gasteiger partial charge < -0.3 is 5.11 Å². The van der Waals surface area contributed by atoms with Crippen molar-refractivity contribution >= 4 is 15.7 Å². The SMILES string of the molecule is Cc1cccc(NS(=O)(=O)c2cc(CO)cc(F)c2C)c1. The summed E-state index contributed by atoms with van der Waals surface area (Å²) in [7, 11) is -3.92. The Morgan fingerprint density at radius 1 is 1.19 bits per heavy atom. The predicted octanol–water partition coefficient (Wildman–Crippen LogP) is 2.74. The molecule has 2 N–H and O–H groups in total. The van der Waals surface area contributed by atoms with Gasteiger partial charge in [-0.1, -0.05) is 12.1 Å². The minimum atomic E-state index is -3.92. The monoisotopic (exact) mass is 309 g/mol. The maximum absolute atomic E-state index is 13.8. The standard InChI is InChI=1S/C15H16FNO3S/c1-10-4-3-5-13(6-10)17-21(19,20)15-8-12(9-18)7-14(16)11(15)2/h3-8,17-18H,9H2,1-2H3. The summed E-state index contributed by atoms with van der Waals surface area (Å²) in [5, 5.41) is 9.09. The molecule has 0 bridgehead atoms. The van der Waals surface area contributed by atoms with E-state index in [-0.39, 0.29) is 16.0 Å². The molecule has 2 rings (SSSR count). The van der Waals surface area contributed by atoms with Gasteiger partial charge >= 0.3 is 0 Å². The lowest BCUT2D eigenvalue weighted by atomic mass is 10.1. The number of anilines is 1. The van der Waals surface area contributed by atoms with Gasteiger partial charge in [-0.25, -0.2) is 12.8 Å². The maximum Gasteiger partial charge on any atom is 0.262 e. The molecule has 0 saturated carbocycles. The van der Waals surface area contributed by atoms with Gasteiger partial charge in [0.15, 0.2) is 0 Å². The number of benzene rings is 2. The second-order valence-corrected chi connectivity index (χ2v) is 6.48. The van der Waals surface area contributed by atoms with Gasteiger partial charge in [-0.2, -0.15) is 0 Å². The number of aryl methyl sites for hydroxylation is 1. The van der Waals surface area contributed by atoms with E-state index in [0.717, 1.165) is 11.6 Å². The van der Waals surface area contributed by atoms with Crippen molar-refractivity contribution in [1.29, 1.82) is 0 Å². The minimum absolute atomic E-state index is 0.0207. The van der Waals surface area contributed by atoms with E-state index in [4.69, 9.17) is 5.11 Å². The minimum Gasteiger partial charge on any atom is -0.392 e. The van der Waals surface area contributed by atoms with Crippen LogP contribution in [0.25, 0.3) is 0 Å². The lowest BCUT2D eigenvalue weighted by molar-refractivity contribution is 0.281. The van der Waals surface area contributed by atoms with Crippen LogP contribution in [0.3, 0.4) is 0 Å². The molecule has 0 amide bonds. The fourth-order valence-electron chi connectivity index (χ4n) is 2.00. The Morgan fingerprint density at radius 3 is 2.52 bits per heavy atom. The number of rotatable bonds is 4. The first-order valence-corrected chi connectivity index (χ1v) is 7.81. The molecule has 0 aliphatic rings. The fourth-order valence-corrected chi connectivity index (χ4v) is 3.35. The average molecular weight is 309 g/mol. The number of hydrogen-bond acceptors (Lipinski definition) is 3. The second kappa shape index (κ2) is 5.83. The number of aliphatic hydroxyl groups is 1. The van der Waals surface area contributed by atoms with Gasteiger partial charge in [-0.05, 0) is 49.2 Å². The van der Waals surface area contributed by atoms with Crippen LogP contribution < -0.4 is 4.72 Å². The van der Waals surface area contributed by atoms with Crippen molar-refractivity contribution < 1.29 is 17.9 Å². The summed E-state index contributed by atoms with van der Waals surface area (Å²) in [6.45, 7) is 2.81. The molecule has 0 aliphatic carbocycles. The summed E-state index contributed by atoms with van der Waals surface area (Å²) in [5.41, 5.74) is 1.54. The van der Waals surface area contributed by atoms with Gasteiger partial charge in [0.25, 0.3) is 10.0 Å². The summed E-state index contributed by atoms with van der Waals surface area (Å²) in [5.74, 6) is -0.661. The molecule has 21 heavy (non-hydrogen) atoms. The lowest BCUT2D eigenvalue weighted by Crippen LogP contribution is -2.15. The Hall–Kier alpha value is -1.92. The average Bonchev–Trinajstić information content (AvgIpc) is 2.41. The molecule has 0 spiro atoms. The molecule has 2 aromatic carbocycles. The van der Waals surface area contributed by atoms with Crippen molar-refractivity contribution in [2.45, 2.75) is 25.3 Å². The van der Waals surface area contributed by atoms with E-state index in [1.54, 1.807) is 18.2 Å². The zero-order chi connectivity index (χ0) is 15.6. The van der Waals surface area contributed by atoms with Crippen LogP contribution in [0.4, 0.5) is 10.1 Å². The highest BCUT2D eigenvalue weighted by Gasteiger charge is 2.20. The molecule has 2 aromatic rings. The number of halogens is 1. The molecule has 6 heteroatoms. The molecular weight excluding hydrogens is 293 g/mol. The highest BCUT2D eigenvalue weighted by atomic mass is 32.2. The summed E-state index contributed by atoms with van der Waals surface area (Å²) in [6, 6.07) is 9.27. The summed E-state index contributed by atoms with van der Waals surface area (Å²) in [6.07, 6.45) is 0. The molecule has 0 saturated heterocycles. The topological polar surface area (TPSA) is 66.4 Å². The molecule has 0 unspecified atom stereocenters. The number of hydrogen-bond donors (Lipinski definition) is 2. The Kier molecular flexibility index (Phi) is 4.29. The molecule has 0 fully saturated rings. The first-order valence-electron chi connectivity index (χ1n) is 6.33. The zero-order valence-electron chi connectivity index (χ0n) is 11.7. The van der Waals surface area contributed by atoms with Gasteiger partial charge in [0.2, 0.25) is 0 Å².